The third kappa shape index (κ3) is 3.22. The number of rotatable bonds is 5. The normalized spacial score (nSPS) is 21.1. The topological polar surface area (TPSA) is 20.3 Å². The van der Waals surface area contributed by atoms with Gasteiger partial charge in [0, 0.05) is 19.0 Å². The van der Waals surface area contributed by atoms with Crippen LogP contribution in [-0.2, 0) is 4.79 Å². The van der Waals surface area contributed by atoms with E-state index in [0.29, 0.717) is 23.8 Å². The third-order valence-electron chi connectivity index (χ3n) is 3.52. The molecule has 1 saturated heterocycles. The van der Waals surface area contributed by atoms with Crippen molar-refractivity contribution in [1.82, 2.24) is 4.90 Å². The van der Waals surface area contributed by atoms with E-state index in [1.165, 1.54) is 6.42 Å². The van der Waals surface area contributed by atoms with Gasteiger partial charge >= 0.3 is 0 Å². The fourth-order valence-corrected chi connectivity index (χ4v) is 2.44. The zero-order valence-corrected chi connectivity index (χ0v) is 10.6. The fourth-order valence-electron chi connectivity index (χ4n) is 2.44. The maximum absolute atomic E-state index is 11.7. The molecule has 0 aromatic rings. The summed E-state index contributed by atoms with van der Waals surface area (Å²) in [6, 6.07) is 0.477. The van der Waals surface area contributed by atoms with Crippen molar-refractivity contribution < 1.29 is 4.79 Å². The molecule has 0 N–H and O–H groups in total. The van der Waals surface area contributed by atoms with Gasteiger partial charge in [-0.1, -0.05) is 34.1 Å². The summed E-state index contributed by atoms with van der Waals surface area (Å²) < 4.78 is 0. The Morgan fingerprint density at radius 2 is 2.00 bits per heavy atom. The molecule has 1 aliphatic heterocycles. The van der Waals surface area contributed by atoms with Crippen LogP contribution in [-0.4, -0.2) is 23.4 Å². The summed E-state index contributed by atoms with van der Waals surface area (Å²) in [5, 5.41) is 0. The predicted octanol–water partition coefficient (Wildman–Crippen LogP) is 3.07. The van der Waals surface area contributed by atoms with E-state index < -0.39 is 0 Å². The van der Waals surface area contributed by atoms with Crippen molar-refractivity contribution in [3.63, 3.8) is 0 Å². The van der Waals surface area contributed by atoms with Crippen LogP contribution >= 0.6 is 0 Å². The smallest absolute Gasteiger partial charge is 0.222 e. The average molecular weight is 211 g/mol. The summed E-state index contributed by atoms with van der Waals surface area (Å²) in [7, 11) is 0. The van der Waals surface area contributed by atoms with Crippen molar-refractivity contribution in [3.05, 3.63) is 0 Å². The number of nitrogens with zero attached hydrogens (tertiary/aromatic N) is 1. The molecule has 1 fully saturated rings. The van der Waals surface area contributed by atoms with Crippen LogP contribution in [0.5, 0.6) is 0 Å². The molecule has 2 nitrogen and oxygen atoms in total. The Labute approximate surface area is 94.0 Å². The number of hydrogen-bond donors (Lipinski definition) is 0. The second-order valence-electron chi connectivity index (χ2n) is 5.27. The van der Waals surface area contributed by atoms with Gasteiger partial charge in [0.1, 0.15) is 0 Å². The molecular weight excluding hydrogens is 186 g/mol. The quantitative estimate of drug-likeness (QED) is 0.684. The minimum absolute atomic E-state index is 0.376. The van der Waals surface area contributed by atoms with E-state index in [1.807, 2.05) is 0 Å². The molecule has 0 radical (unpaired) electrons. The van der Waals surface area contributed by atoms with E-state index in [-0.39, 0.29) is 0 Å². The Bertz CT molecular complexity index is 213. The lowest BCUT2D eigenvalue weighted by molar-refractivity contribution is -0.131. The van der Waals surface area contributed by atoms with Crippen molar-refractivity contribution in [1.29, 1.82) is 0 Å². The maximum atomic E-state index is 11.7. The Morgan fingerprint density at radius 1 is 1.33 bits per heavy atom. The Kier molecular flexibility index (Phi) is 4.62. The lowest BCUT2D eigenvalue weighted by Gasteiger charge is -2.33. The van der Waals surface area contributed by atoms with Crippen LogP contribution in [0.4, 0.5) is 0 Å². The zero-order chi connectivity index (χ0) is 11.4. The van der Waals surface area contributed by atoms with Crippen LogP contribution in [0.25, 0.3) is 0 Å². The van der Waals surface area contributed by atoms with Crippen LogP contribution < -0.4 is 0 Å². The first-order valence-electron chi connectivity index (χ1n) is 6.35. The first-order chi connectivity index (χ1) is 7.06. The first-order valence-corrected chi connectivity index (χ1v) is 6.35. The maximum Gasteiger partial charge on any atom is 0.222 e. The molecule has 0 bridgehead atoms. The predicted molar refractivity (Wildman–Crippen MR) is 63.6 cm³/mol. The molecule has 2 atom stereocenters. The van der Waals surface area contributed by atoms with Gasteiger partial charge < -0.3 is 4.90 Å². The number of carbonyl (C=O) groups excluding carboxylic acids is 1. The Balaban J connectivity index is 2.66. The molecule has 88 valence electrons. The molecule has 0 aromatic heterocycles. The van der Waals surface area contributed by atoms with E-state index in [2.05, 4.69) is 32.6 Å². The zero-order valence-electron chi connectivity index (χ0n) is 10.6. The number of likely N-dealkylation sites (tertiary alicyclic amines) is 1. The van der Waals surface area contributed by atoms with Gasteiger partial charge in [-0.15, -0.1) is 0 Å². The molecule has 2 heteroatoms. The largest absolute Gasteiger partial charge is 0.339 e. The molecule has 0 saturated carbocycles. The standard InChI is InChI=1S/C13H25NO/c1-5-11(4)12(9-10(2)3)14-8-6-7-13(14)15/h10-12H,5-9H2,1-4H3. The molecule has 15 heavy (non-hydrogen) atoms. The summed E-state index contributed by atoms with van der Waals surface area (Å²) in [6.07, 6.45) is 4.15. The average Bonchev–Trinajstić information content (AvgIpc) is 2.59. The van der Waals surface area contributed by atoms with E-state index >= 15 is 0 Å². The Morgan fingerprint density at radius 3 is 2.40 bits per heavy atom. The highest BCUT2D eigenvalue weighted by atomic mass is 16.2. The minimum Gasteiger partial charge on any atom is -0.339 e. The van der Waals surface area contributed by atoms with Crippen LogP contribution in [0.1, 0.15) is 53.4 Å². The molecule has 0 spiro atoms. The van der Waals surface area contributed by atoms with Crippen molar-refractivity contribution in [3.8, 4) is 0 Å². The minimum atomic E-state index is 0.376. The van der Waals surface area contributed by atoms with E-state index in [4.69, 9.17) is 0 Å². The van der Waals surface area contributed by atoms with E-state index in [0.717, 1.165) is 25.8 Å². The summed E-state index contributed by atoms with van der Waals surface area (Å²) in [5.41, 5.74) is 0. The lowest BCUT2D eigenvalue weighted by Crippen LogP contribution is -2.41. The summed E-state index contributed by atoms with van der Waals surface area (Å²) in [6.45, 7) is 9.98. The monoisotopic (exact) mass is 211 g/mol. The van der Waals surface area contributed by atoms with Gasteiger partial charge in [-0.25, -0.2) is 0 Å². The van der Waals surface area contributed by atoms with Gasteiger partial charge in [0.05, 0.1) is 0 Å². The SMILES string of the molecule is CCC(C)C(CC(C)C)N1CCCC1=O. The second kappa shape index (κ2) is 5.53. The lowest BCUT2D eigenvalue weighted by atomic mass is 9.90. The Hall–Kier alpha value is -0.530. The van der Waals surface area contributed by atoms with Crippen molar-refractivity contribution in [2.75, 3.05) is 6.54 Å². The molecule has 2 unspecified atom stereocenters. The molecule has 1 amide bonds. The summed E-state index contributed by atoms with van der Waals surface area (Å²) in [4.78, 5) is 13.9. The highest BCUT2D eigenvalue weighted by molar-refractivity contribution is 5.78. The summed E-state index contributed by atoms with van der Waals surface area (Å²) in [5.74, 6) is 1.69. The van der Waals surface area contributed by atoms with Gasteiger partial charge in [0.2, 0.25) is 5.91 Å². The van der Waals surface area contributed by atoms with Gasteiger partial charge in [0.25, 0.3) is 0 Å². The number of amides is 1. The van der Waals surface area contributed by atoms with E-state index in [1.54, 1.807) is 0 Å². The van der Waals surface area contributed by atoms with Crippen molar-refractivity contribution >= 4 is 5.91 Å². The molecule has 1 aliphatic rings. The molecule has 0 aromatic carbocycles. The first kappa shape index (κ1) is 12.5. The van der Waals surface area contributed by atoms with Gasteiger partial charge in [-0.05, 0) is 24.7 Å². The number of hydrogen-bond acceptors (Lipinski definition) is 1. The van der Waals surface area contributed by atoms with Gasteiger partial charge in [-0.3, -0.25) is 4.79 Å². The van der Waals surface area contributed by atoms with Crippen molar-refractivity contribution in [2.24, 2.45) is 11.8 Å². The van der Waals surface area contributed by atoms with Crippen LogP contribution in [0.3, 0.4) is 0 Å². The summed E-state index contributed by atoms with van der Waals surface area (Å²) >= 11 is 0. The van der Waals surface area contributed by atoms with Gasteiger partial charge in [-0.2, -0.15) is 0 Å². The molecule has 0 aliphatic carbocycles. The van der Waals surface area contributed by atoms with Crippen molar-refractivity contribution in [2.45, 2.75) is 59.4 Å². The van der Waals surface area contributed by atoms with Gasteiger partial charge in [0.15, 0.2) is 0 Å². The number of carbonyl (C=O) groups is 1. The molecular formula is C13H25NO. The fraction of sp³-hybridized carbons (Fsp3) is 0.923. The molecule has 1 rings (SSSR count). The third-order valence-corrected chi connectivity index (χ3v) is 3.52. The highest BCUT2D eigenvalue weighted by Crippen LogP contribution is 2.25. The van der Waals surface area contributed by atoms with Crippen LogP contribution in [0.15, 0.2) is 0 Å². The van der Waals surface area contributed by atoms with Crippen LogP contribution in [0.2, 0.25) is 0 Å². The molecule has 1 heterocycles. The van der Waals surface area contributed by atoms with Crippen LogP contribution in [0, 0.1) is 11.8 Å². The second-order valence-corrected chi connectivity index (χ2v) is 5.27. The van der Waals surface area contributed by atoms with E-state index in [9.17, 15) is 4.79 Å². The highest BCUT2D eigenvalue weighted by Gasteiger charge is 2.30.